The minimum Gasteiger partial charge on any atom is -0.324 e. The zero-order chi connectivity index (χ0) is 19.4. The number of aryl methyl sites for hydroxylation is 1. The number of carbonyl (C=O) groups excluding carboxylic acids is 1. The monoisotopic (exact) mass is 392 g/mol. The van der Waals surface area contributed by atoms with Gasteiger partial charge in [0.25, 0.3) is 0 Å². The fourth-order valence-corrected chi connectivity index (χ4v) is 4.51. The third-order valence-corrected chi connectivity index (χ3v) is 6.11. The third kappa shape index (κ3) is 6.16. The second-order valence-corrected chi connectivity index (χ2v) is 9.70. The molecular weight excluding hydrogens is 368 g/mol. The van der Waals surface area contributed by atoms with Crippen molar-refractivity contribution in [2.75, 3.05) is 11.1 Å². The van der Waals surface area contributed by atoms with E-state index < -0.39 is 15.6 Å². The zero-order valence-corrected chi connectivity index (χ0v) is 17.0. The van der Waals surface area contributed by atoms with E-state index in [0.717, 1.165) is 10.5 Å². The largest absolute Gasteiger partial charge is 0.324 e. The molecule has 0 spiro atoms. The average Bonchev–Trinajstić information content (AvgIpc) is 2.52. The highest BCUT2D eigenvalue weighted by molar-refractivity contribution is 8.00. The lowest BCUT2D eigenvalue weighted by molar-refractivity contribution is -0.113. The lowest BCUT2D eigenvalue weighted by Gasteiger charge is -2.21. The van der Waals surface area contributed by atoms with Crippen molar-refractivity contribution in [2.45, 2.75) is 43.0 Å². The minimum absolute atomic E-state index is 0.0589. The summed E-state index contributed by atoms with van der Waals surface area (Å²) < 4.78 is 27.8. The number of benzene rings is 2. The topological polar surface area (TPSA) is 75.3 Å². The van der Waals surface area contributed by atoms with Crippen molar-refractivity contribution in [3.05, 3.63) is 54.1 Å². The van der Waals surface area contributed by atoms with Crippen LogP contribution >= 0.6 is 11.8 Å². The molecule has 0 fully saturated rings. The third-order valence-electron chi connectivity index (χ3n) is 3.28. The van der Waals surface area contributed by atoms with E-state index in [9.17, 15) is 13.2 Å². The quantitative estimate of drug-likeness (QED) is 0.733. The molecule has 2 N–H and O–H groups in total. The highest BCUT2D eigenvalue weighted by Gasteiger charge is 2.24. The van der Waals surface area contributed by atoms with E-state index in [1.807, 2.05) is 31.2 Å². The van der Waals surface area contributed by atoms with E-state index in [-0.39, 0.29) is 22.2 Å². The van der Waals surface area contributed by atoms with Gasteiger partial charge in [0.2, 0.25) is 15.9 Å². The molecule has 0 aromatic heterocycles. The van der Waals surface area contributed by atoms with Crippen LogP contribution in [-0.2, 0) is 14.8 Å². The predicted octanol–water partition coefficient (Wildman–Crippen LogP) is 3.80. The Balaban J connectivity index is 2.09. The Labute approximate surface area is 159 Å². The normalized spacial score (nSPS) is 12.0. The second-order valence-electron chi connectivity index (χ2n) is 7.00. The Bertz CT molecular complexity index is 870. The first-order chi connectivity index (χ1) is 12.1. The number of sulfonamides is 1. The highest BCUT2D eigenvalue weighted by Crippen LogP contribution is 2.23. The van der Waals surface area contributed by atoms with Crippen LogP contribution in [0.15, 0.2) is 58.3 Å². The van der Waals surface area contributed by atoms with Gasteiger partial charge in [-0.1, -0.05) is 29.8 Å². The van der Waals surface area contributed by atoms with Crippen LogP contribution in [0.25, 0.3) is 0 Å². The Morgan fingerprint density at radius 2 is 1.65 bits per heavy atom. The van der Waals surface area contributed by atoms with Gasteiger partial charge in [0.1, 0.15) is 4.90 Å². The Hall–Kier alpha value is -1.83. The van der Waals surface area contributed by atoms with Crippen LogP contribution in [0.3, 0.4) is 0 Å². The molecule has 140 valence electrons. The van der Waals surface area contributed by atoms with Crippen LogP contribution in [-0.4, -0.2) is 25.6 Å². The molecule has 2 aromatic carbocycles. The second kappa shape index (κ2) is 8.24. The molecule has 0 aliphatic rings. The number of anilines is 1. The molecule has 0 aliphatic heterocycles. The summed E-state index contributed by atoms with van der Waals surface area (Å²) in [4.78, 5) is 13.3. The SMILES string of the molecule is Cc1ccc(SCC(=O)Nc2ccccc2S(=O)(=O)NC(C)(C)C)cc1. The van der Waals surface area contributed by atoms with Crippen molar-refractivity contribution in [1.82, 2.24) is 4.72 Å². The number of hydrogen-bond acceptors (Lipinski definition) is 4. The van der Waals surface area contributed by atoms with Gasteiger partial charge in [-0.2, -0.15) is 0 Å². The van der Waals surface area contributed by atoms with Crippen LogP contribution in [0.2, 0.25) is 0 Å². The van der Waals surface area contributed by atoms with Crippen molar-refractivity contribution in [3.63, 3.8) is 0 Å². The van der Waals surface area contributed by atoms with Gasteiger partial charge in [0, 0.05) is 10.4 Å². The number of hydrogen-bond donors (Lipinski definition) is 2. The number of para-hydroxylation sites is 1. The molecule has 26 heavy (non-hydrogen) atoms. The van der Waals surface area contributed by atoms with E-state index in [2.05, 4.69) is 10.0 Å². The number of carbonyl (C=O) groups is 1. The highest BCUT2D eigenvalue weighted by atomic mass is 32.2. The Morgan fingerprint density at radius 1 is 1.04 bits per heavy atom. The first-order valence-electron chi connectivity index (χ1n) is 8.19. The molecular formula is C19H24N2O3S2. The summed E-state index contributed by atoms with van der Waals surface area (Å²) >= 11 is 1.40. The van der Waals surface area contributed by atoms with Crippen molar-refractivity contribution < 1.29 is 13.2 Å². The standard InChI is InChI=1S/C19H24N2O3S2/c1-14-9-11-15(12-10-14)25-13-18(22)20-16-7-5-6-8-17(16)26(23,24)21-19(2,3)4/h5-12,21H,13H2,1-4H3,(H,20,22). The molecule has 0 aliphatic carbocycles. The van der Waals surface area contributed by atoms with Crippen LogP contribution in [0.4, 0.5) is 5.69 Å². The lowest BCUT2D eigenvalue weighted by Crippen LogP contribution is -2.40. The van der Waals surface area contributed by atoms with E-state index in [1.165, 1.54) is 17.8 Å². The maximum Gasteiger partial charge on any atom is 0.243 e. The van der Waals surface area contributed by atoms with E-state index in [4.69, 9.17) is 0 Å². The maximum atomic E-state index is 12.6. The van der Waals surface area contributed by atoms with Crippen molar-refractivity contribution in [3.8, 4) is 0 Å². The average molecular weight is 393 g/mol. The lowest BCUT2D eigenvalue weighted by atomic mass is 10.1. The molecule has 0 saturated heterocycles. The van der Waals surface area contributed by atoms with Crippen molar-refractivity contribution >= 4 is 33.4 Å². The summed E-state index contributed by atoms with van der Waals surface area (Å²) in [6, 6.07) is 14.3. The molecule has 0 radical (unpaired) electrons. The van der Waals surface area contributed by atoms with Crippen LogP contribution in [0, 0.1) is 6.92 Å². The van der Waals surface area contributed by atoms with E-state index in [1.54, 1.807) is 39.0 Å². The molecule has 0 saturated carbocycles. The summed E-state index contributed by atoms with van der Waals surface area (Å²) in [7, 11) is -3.74. The first kappa shape index (κ1) is 20.5. The molecule has 0 atom stereocenters. The summed E-state index contributed by atoms with van der Waals surface area (Å²) in [5.41, 5.74) is 0.820. The van der Waals surface area contributed by atoms with Gasteiger partial charge in [-0.25, -0.2) is 13.1 Å². The summed E-state index contributed by atoms with van der Waals surface area (Å²) in [6.07, 6.45) is 0. The van der Waals surface area contributed by atoms with Crippen LogP contribution in [0.1, 0.15) is 26.3 Å². The fourth-order valence-electron chi connectivity index (χ4n) is 2.23. The smallest absolute Gasteiger partial charge is 0.243 e. The summed E-state index contributed by atoms with van der Waals surface area (Å²) in [6.45, 7) is 7.31. The molecule has 7 heteroatoms. The predicted molar refractivity (Wildman–Crippen MR) is 107 cm³/mol. The molecule has 1 amide bonds. The van der Waals surface area contributed by atoms with Gasteiger partial charge in [-0.15, -0.1) is 11.8 Å². The van der Waals surface area contributed by atoms with Gasteiger partial charge >= 0.3 is 0 Å². The number of rotatable bonds is 6. The molecule has 2 aromatic rings. The molecule has 5 nitrogen and oxygen atoms in total. The zero-order valence-electron chi connectivity index (χ0n) is 15.4. The minimum atomic E-state index is -3.74. The molecule has 0 unspecified atom stereocenters. The van der Waals surface area contributed by atoms with Crippen LogP contribution < -0.4 is 10.0 Å². The van der Waals surface area contributed by atoms with Gasteiger partial charge < -0.3 is 5.32 Å². The summed E-state index contributed by atoms with van der Waals surface area (Å²) in [5, 5.41) is 2.71. The first-order valence-corrected chi connectivity index (χ1v) is 10.7. The van der Waals surface area contributed by atoms with Crippen molar-refractivity contribution in [2.24, 2.45) is 0 Å². The Kier molecular flexibility index (Phi) is 6.49. The van der Waals surface area contributed by atoms with Crippen LogP contribution in [0.5, 0.6) is 0 Å². The number of thioether (sulfide) groups is 1. The van der Waals surface area contributed by atoms with Gasteiger partial charge in [-0.3, -0.25) is 4.79 Å². The van der Waals surface area contributed by atoms with Gasteiger partial charge in [-0.05, 0) is 52.0 Å². The number of amides is 1. The molecule has 0 bridgehead atoms. The molecule has 2 rings (SSSR count). The van der Waals surface area contributed by atoms with Gasteiger partial charge in [0.05, 0.1) is 11.4 Å². The fraction of sp³-hybridized carbons (Fsp3) is 0.316. The van der Waals surface area contributed by atoms with E-state index >= 15 is 0 Å². The molecule has 0 heterocycles. The summed E-state index contributed by atoms with van der Waals surface area (Å²) in [5.74, 6) is -0.0570. The maximum absolute atomic E-state index is 12.6. The number of nitrogens with one attached hydrogen (secondary N) is 2. The van der Waals surface area contributed by atoms with Gasteiger partial charge in [0.15, 0.2) is 0 Å². The van der Waals surface area contributed by atoms with E-state index in [0.29, 0.717) is 0 Å². The van der Waals surface area contributed by atoms with Crippen molar-refractivity contribution in [1.29, 1.82) is 0 Å². The Morgan fingerprint density at radius 3 is 2.27 bits per heavy atom.